The zero-order chi connectivity index (χ0) is 15.6. The minimum absolute atomic E-state index is 0.118. The fourth-order valence-electron chi connectivity index (χ4n) is 1.96. The molecule has 0 aliphatic carbocycles. The molecule has 0 bridgehead atoms. The van der Waals surface area contributed by atoms with Crippen molar-refractivity contribution in [3.05, 3.63) is 57.6 Å². The lowest BCUT2D eigenvalue weighted by molar-refractivity contribution is 0.213. The van der Waals surface area contributed by atoms with Gasteiger partial charge in [0.2, 0.25) is 0 Å². The number of aliphatic hydroxyl groups is 1. The summed E-state index contributed by atoms with van der Waals surface area (Å²) in [5, 5.41) is 10.4. The maximum absolute atomic E-state index is 13.6. The molecule has 0 saturated heterocycles. The van der Waals surface area contributed by atoms with Crippen LogP contribution in [0.25, 0.3) is 0 Å². The maximum atomic E-state index is 13.6. The molecule has 1 N–H and O–H groups in total. The minimum atomic E-state index is -1.17. The third-order valence-corrected chi connectivity index (χ3v) is 3.90. The number of halogens is 3. The zero-order valence-electron chi connectivity index (χ0n) is 11.4. The predicted molar refractivity (Wildman–Crippen MR) is 77.7 cm³/mol. The molecule has 0 saturated carbocycles. The van der Waals surface area contributed by atoms with Crippen molar-refractivity contribution in [3.8, 4) is 11.5 Å². The van der Waals surface area contributed by atoms with Crippen LogP contribution >= 0.6 is 15.9 Å². The van der Waals surface area contributed by atoms with Gasteiger partial charge in [-0.15, -0.1) is 0 Å². The average molecular weight is 359 g/mol. The van der Waals surface area contributed by atoms with Gasteiger partial charge in [0, 0.05) is 17.2 Å². The van der Waals surface area contributed by atoms with Crippen LogP contribution in [0.15, 0.2) is 34.8 Å². The van der Waals surface area contributed by atoms with Gasteiger partial charge < -0.3 is 14.6 Å². The molecule has 2 rings (SSSR count). The highest BCUT2D eigenvalue weighted by molar-refractivity contribution is 9.10. The van der Waals surface area contributed by atoms with Crippen LogP contribution in [0.1, 0.15) is 17.2 Å². The van der Waals surface area contributed by atoms with Crippen molar-refractivity contribution in [1.29, 1.82) is 0 Å². The normalized spacial score (nSPS) is 12.1. The van der Waals surface area contributed by atoms with E-state index in [1.807, 2.05) is 0 Å². The number of aliphatic hydroxyl groups excluding tert-OH is 1. The van der Waals surface area contributed by atoms with Crippen molar-refractivity contribution in [3.63, 3.8) is 0 Å². The topological polar surface area (TPSA) is 38.7 Å². The molecular formula is C15H13BrF2O3. The predicted octanol–water partition coefficient (Wildman–Crippen LogP) is 3.83. The molecule has 1 atom stereocenters. The number of methoxy groups -OCH3 is 2. The van der Waals surface area contributed by atoms with Crippen molar-refractivity contribution in [2.24, 2.45) is 0 Å². The molecule has 0 aromatic heterocycles. The SMILES string of the molecule is COc1ccc(C(O)c2ccc(F)c(F)c2Br)c(OC)c1. The summed E-state index contributed by atoms with van der Waals surface area (Å²) in [7, 11) is 2.96. The Morgan fingerprint density at radius 1 is 1.05 bits per heavy atom. The summed E-state index contributed by atoms with van der Waals surface area (Å²) in [5.74, 6) is -1.08. The molecule has 0 aliphatic rings. The number of benzene rings is 2. The highest BCUT2D eigenvalue weighted by Crippen LogP contribution is 2.36. The lowest BCUT2D eigenvalue weighted by Crippen LogP contribution is -2.05. The van der Waals surface area contributed by atoms with Crippen LogP contribution in [0.5, 0.6) is 11.5 Å². The molecule has 6 heteroatoms. The molecule has 112 valence electrons. The van der Waals surface area contributed by atoms with E-state index in [4.69, 9.17) is 9.47 Å². The Bertz CT molecular complexity index is 662. The lowest BCUT2D eigenvalue weighted by atomic mass is 10.00. The largest absolute Gasteiger partial charge is 0.497 e. The summed E-state index contributed by atoms with van der Waals surface area (Å²) in [6.07, 6.45) is -1.17. The molecule has 0 spiro atoms. The van der Waals surface area contributed by atoms with E-state index in [2.05, 4.69) is 15.9 Å². The molecule has 2 aromatic carbocycles. The van der Waals surface area contributed by atoms with Crippen LogP contribution in [0, 0.1) is 11.6 Å². The Hall–Kier alpha value is -1.66. The van der Waals surface area contributed by atoms with E-state index in [1.165, 1.54) is 20.3 Å². The molecule has 0 aliphatic heterocycles. The summed E-state index contributed by atoms with van der Waals surface area (Å²) in [4.78, 5) is 0. The van der Waals surface area contributed by atoms with Crippen molar-refractivity contribution in [2.75, 3.05) is 14.2 Å². The highest BCUT2D eigenvalue weighted by atomic mass is 79.9. The van der Waals surface area contributed by atoms with Gasteiger partial charge in [-0.25, -0.2) is 8.78 Å². The van der Waals surface area contributed by atoms with Crippen LogP contribution in [0.3, 0.4) is 0 Å². The molecular weight excluding hydrogens is 346 g/mol. The number of ether oxygens (including phenoxy) is 2. The zero-order valence-corrected chi connectivity index (χ0v) is 12.9. The second-order valence-corrected chi connectivity index (χ2v) is 5.07. The molecule has 21 heavy (non-hydrogen) atoms. The lowest BCUT2D eigenvalue weighted by Gasteiger charge is -2.17. The van der Waals surface area contributed by atoms with Crippen molar-refractivity contribution in [1.82, 2.24) is 0 Å². The number of rotatable bonds is 4. The van der Waals surface area contributed by atoms with E-state index >= 15 is 0 Å². The Morgan fingerprint density at radius 3 is 2.33 bits per heavy atom. The van der Waals surface area contributed by atoms with Gasteiger partial charge in [-0.2, -0.15) is 0 Å². The average Bonchev–Trinajstić information content (AvgIpc) is 2.51. The van der Waals surface area contributed by atoms with Crippen molar-refractivity contribution in [2.45, 2.75) is 6.10 Å². The third-order valence-electron chi connectivity index (χ3n) is 3.09. The van der Waals surface area contributed by atoms with E-state index in [0.717, 1.165) is 6.07 Å². The number of hydrogen-bond acceptors (Lipinski definition) is 3. The second-order valence-electron chi connectivity index (χ2n) is 4.27. The fraction of sp³-hybridized carbons (Fsp3) is 0.200. The van der Waals surface area contributed by atoms with Gasteiger partial charge in [0.1, 0.15) is 17.6 Å². The fourth-order valence-corrected chi connectivity index (χ4v) is 2.50. The molecule has 2 aromatic rings. The molecule has 0 amide bonds. The van der Waals surface area contributed by atoms with Gasteiger partial charge in [0.05, 0.1) is 18.7 Å². The Morgan fingerprint density at radius 2 is 1.71 bits per heavy atom. The first-order chi connectivity index (χ1) is 9.99. The monoisotopic (exact) mass is 358 g/mol. The number of hydrogen-bond donors (Lipinski definition) is 1. The highest BCUT2D eigenvalue weighted by Gasteiger charge is 2.21. The molecule has 0 fully saturated rings. The molecule has 0 radical (unpaired) electrons. The Balaban J connectivity index is 2.49. The van der Waals surface area contributed by atoms with E-state index in [9.17, 15) is 13.9 Å². The standard InChI is InChI=1S/C15H13BrF2O3/c1-20-8-3-4-9(12(7-8)21-2)15(19)10-5-6-11(17)14(18)13(10)16/h3-7,15,19H,1-2H3. The van der Waals surface area contributed by atoms with E-state index in [-0.39, 0.29) is 10.0 Å². The van der Waals surface area contributed by atoms with Gasteiger partial charge in [0.25, 0.3) is 0 Å². The van der Waals surface area contributed by atoms with Gasteiger partial charge in [-0.1, -0.05) is 6.07 Å². The van der Waals surface area contributed by atoms with Crippen LogP contribution in [-0.2, 0) is 0 Å². The van der Waals surface area contributed by atoms with Gasteiger partial charge >= 0.3 is 0 Å². The van der Waals surface area contributed by atoms with Crippen molar-refractivity contribution >= 4 is 15.9 Å². The van der Waals surface area contributed by atoms with Gasteiger partial charge in [-0.3, -0.25) is 0 Å². The smallest absolute Gasteiger partial charge is 0.173 e. The van der Waals surface area contributed by atoms with Gasteiger partial charge in [0.15, 0.2) is 11.6 Å². The Kier molecular flexibility index (Phi) is 4.80. The Labute approximate surface area is 129 Å². The summed E-state index contributed by atoms with van der Waals surface area (Å²) in [5.41, 5.74) is 0.627. The second kappa shape index (κ2) is 6.41. The quantitative estimate of drug-likeness (QED) is 0.844. The minimum Gasteiger partial charge on any atom is -0.497 e. The summed E-state index contributed by atoms with van der Waals surface area (Å²) >= 11 is 2.96. The summed E-state index contributed by atoms with van der Waals surface area (Å²) < 4.78 is 36.9. The van der Waals surface area contributed by atoms with E-state index in [1.54, 1.807) is 18.2 Å². The maximum Gasteiger partial charge on any atom is 0.173 e. The van der Waals surface area contributed by atoms with E-state index < -0.39 is 17.7 Å². The van der Waals surface area contributed by atoms with Crippen LogP contribution in [0.4, 0.5) is 8.78 Å². The molecule has 1 unspecified atom stereocenters. The van der Waals surface area contributed by atoms with Crippen LogP contribution in [-0.4, -0.2) is 19.3 Å². The van der Waals surface area contributed by atoms with Crippen LogP contribution < -0.4 is 9.47 Å². The van der Waals surface area contributed by atoms with E-state index in [0.29, 0.717) is 17.1 Å². The molecule has 3 nitrogen and oxygen atoms in total. The summed E-state index contributed by atoms with van der Waals surface area (Å²) in [6, 6.07) is 7.14. The first-order valence-corrected chi connectivity index (χ1v) is 6.82. The third kappa shape index (κ3) is 3.01. The van der Waals surface area contributed by atoms with Crippen LogP contribution in [0.2, 0.25) is 0 Å². The first-order valence-electron chi connectivity index (χ1n) is 6.03. The van der Waals surface area contributed by atoms with Gasteiger partial charge in [-0.05, 0) is 34.1 Å². The van der Waals surface area contributed by atoms with Crippen molar-refractivity contribution < 1.29 is 23.4 Å². The first kappa shape index (κ1) is 15.7. The molecule has 0 heterocycles. The summed E-state index contributed by atoms with van der Waals surface area (Å²) in [6.45, 7) is 0.